The molecule has 0 saturated heterocycles. The van der Waals surface area contributed by atoms with Crippen LogP contribution in [0.5, 0.6) is 0 Å². The lowest BCUT2D eigenvalue weighted by atomic mass is 10.2. The maximum absolute atomic E-state index is 6.02. The fraction of sp³-hybridized carbons (Fsp3) is 0.714. The predicted molar refractivity (Wildman–Crippen MR) is 81.1 cm³/mol. The molecule has 0 atom stereocenters. The molecule has 0 aliphatic heterocycles. The molecule has 0 bridgehead atoms. The molecule has 0 aromatic carbocycles. The van der Waals surface area contributed by atoms with Crippen LogP contribution in [0.15, 0.2) is 0 Å². The Morgan fingerprint density at radius 2 is 2.10 bits per heavy atom. The largest absolute Gasteiger partial charge is 0.379 e. The van der Waals surface area contributed by atoms with Gasteiger partial charge in [-0.3, -0.25) is 4.68 Å². The Morgan fingerprint density at radius 1 is 1.35 bits per heavy atom. The van der Waals surface area contributed by atoms with Gasteiger partial charge in [-0.05, 0) is 12.3 Å². The lowest BCUT2D eigenvalue weighted by Gasteiger charge is -2.10. The molecule has 20 heavy (non-hydrogen) atoms. The number of hydrogen-bond donors (Lipinski definition) is 0. The zero-order valence-corrected chi connectivity index (χ0v) is 13.4. The average molecular weight is 299 g/mol. The zero-order valence-electron chi connectivity index (χ0n) is 12.7. The normalized spacial score (nSPS) is 11.9. The molecule has 0 amide bonds. The van der Waals surface area contributed by atoms with E-state index in [4.69, 9.17) is 16.3 Å². The summed E-state index contributed by atoms with van der Waals surface area (Å²) in [5.74, 6) is 1.84. The van der Waals surface area contributed by atoms with Gasteiger partial charge in [0.2, 0.25) is 0 Å². The van der Waals surface area contributed by atoms with Crippen molar-refractivity contribution >= 4 is 22.8 Å². The van der Waals surface area contributed by atoms with Crippen molar-refractivity contribution in [3.05, 3.63) is 11.5 Å². The van der Waals surface area contributed by atoms with Gasteiger partial charge in [-0.25, -0.2) is 4.98 Å². The average Bonchev–Trinajstić information content (AvgIpc) is 2.92. The van der Waals surface area contributed by atoms with E-state index < -0.39 is 0 Å². The number of ether oxygens (including phenoxy) is 1. The first-order valence-corrected chi connectivity index (χ1v) is 7.66. The minimum Gasteiger partial charge on any atom is -0.379 e. The smallest absolute Gasteiger partial charge is 0.158 e. The van der Waals surface area contributed by atoms with E-state index in [1.54, 1.807) is 0 Å². The number of nitrogens with zero attached hydrogens (tertiary/aromatic N) is 4. The van der Waals surface area contributed by atoms with Crippen LogP contribution in [0.3, 0.4) is 0 Å². The van der Waals surface area contributed by atoms with Crippen molar-refractivity contribution in [2.24, 2.45) is 13.0 Å². The molecule has 112 valence electrons. The molecule has 2 rings (SSSR count). The molecule has 0 N–H and O–H groups in total. The number of aromatic nitrogens is 4. The van der Waals surface area contributed by atoms with Gasteiger partial charge in [0.25, 0.3) is 0 Å². The number of aryl methyl sites for hydroxylation is 2. The van der Waals surface area contributed by atoms with Crippen LogP contribution in [0.25, 0.3) is 11.2 Å². The molecule has 2 aromatic rings. The molecule has 0 saturated carbocycles. The number of fused-ring (bicyclic) bond motifs is 1. The Bertz CT molecular complexity index is 573. The lowest BCUT2D eigenvalue weighted by molar-refractivity contribution is 0.103. The standard InChI is InChI=1S/C14H23ClN4O/c1-5-11-13-14(18(4)17-11)19(12(8-15)16-13)6-7-20-9-10(2)3/h10H,5-9H2,1-4H3. The molecule has 2 heterocycles. The Morgan fingerprint density at radius 3 is 2.70 bits per heavy atom. The van der Waals surface area contributed by atoms with Crippen LogP contribution in [-0.4, -0.2) is 32.5 Å². The summed E-state index contributed by atoms with van der Waals surface area (Å²) in [5, 5.41) is 4.51. The minimum atomic E-state index is 0.405. The van der Waals surface area contributed by atoms with E-state index in [0.29, 0.717) is 18.4 Å². The first kappa shape index (κ1) is 15.3. The molecule has 6 heteroatoms. The molecular formula is C14H23ClN4O. The molecule has 0 spiro atoms. The van der Waals surface area contributed by atoms with Gasteiger partial charge >= 0.3 is 0 Å². The highest BCUT2D eigenvalue weighted by Crippen LogP contribution is 2.21. The summed E-state index contributed by atoms with van der Waals surface area (Å²) in [5.41, 5.74) is 3.02. The third-order valence-electron chi connectivity index (χ3n) is 3.24. The quantitative estimate of drug-likeness (QED) is 0.583. The van der Waals surface area contributed by atoms with Crippen LogP contribution in [-0.2, 0) is 30.6 Å². The van der Waals surface area contributed by atoms with Crippen molar-refractivity contribution < 1.29 is 4.74 Å². The summed E-state index contributed by atoms with van der Waals surface area (Å²) < 4.78 is 9.68. The first-order chi connectivity index (χ1) is 9.58. The van der Waals surface area contributed by atoms with Crippen molar-refractivity contribution in [1.29, 1.82) is 0 Å². The van der Waals surface area contributed by atoms with Crippen LogP contribution >= 0.6 is 11.6 Å². The van der Waals surface area contributed by atoms with Gasteiger partial charge in [-0.2, -0.15) is 5.10 Å². The molecule has 0 aliphatic carbocycles. The van der Waals surface area contributed by atoms with E-state index in [0.717, 1.165) is 42.3 Å². The van der Waals surface area contributed by atoms with Crippen LogP contribution in [0, 0.1) is 5.92 Å². The van der Waals surface area contributed by atoms with E-state index >= 15 is 0 Å². The van der Waals surface area contributed by atoms with E-state index in [-0.39, 0.29) is 0 Å². The second-order valence-corrected chi connectivity index (χ2v) is 5.65. The van der Waals surface area contributed by atoms with Gasteiger partial charge in [0.1, 0.15) is 11.3 Å². The lowest BCUT2D eigenvalue weighted by Crippen LogP contribution is -2.13. The summed E-state index contributed by atoms with van der Waals surface area (Å²) in [4.78, 5) is 4.63. The van der Waals surface area contributed by atoms with Gasteiger partial charge in [0.15, 0.2) is 5.65 Å². The van der Waals surface area contributed by atoms with Crippen LogP contribution in [0.1, 0.15) is 32.3 Å². The van der Waals surface area contributed by atoms with Crippen LogP contribution in [0.4, 0.5) is 0 Å². The topological polar surface area (TPSA) is 44.9 Å². The van der Waals surface area contributed by atoms with Gasteiger partial charge in [0.05, 0.1) is 18.2 Å². The second kappa shape index (κ2) is 6.59. The van der Waals surface area contributed by atoms with Crippen molar-refractivity contribution in [1.82, 2.24) is 19.3 Å². The zero-order chi connectivity index (χ0) is 14.7. The Kier molecular flexibility index (Phi) is 5.05. The molecular weight excluding hydrogens is 276 g/mol. The fourth-order valence-electron chi connectivity index (χ4n) is 2.34. The molecule has 0 aliphatic rings. The monoisotopic (exact) mass is 298 g/mol. The number of halogens is 1. The molecule has 5 nitrogen and oxygen atoms in total. The van der Waals surface area contributed by atoms with Gasteiger partial charge in [-0.15, -0.1) is 11.6 Å². The van der Waals surface area contributed by atoms with E-state index in [9.17, 15) is 0 Å². The van der Waals surface area contributed by atoms with Crippen molar-refractivity contribution in [3.8, 4) is 0 Å². The SMILES string of the molecule is CCc1nn(C)c2c1nc(CCl)n2CCOCC(C)C. The summed E-state index contributed by atoms with van der Waals surface area (Å²) in [6.45, 7) is 8.59. The Hall–Kier alpha value is -1.07. The molecule has 0 fully saturated rings. The van der Waals surface area contributed by atoms with E-state index in [2.05, 4.69) is 35.4 Å². The minimum absolute atomic E-state index is 0.405. The summed E-state index contributed by atoms with van der Waals surface area (Å²) >= 11 is 6.02. The van der Waals surface area contributed by atoms with Gasteiger partial charge < -0.3 is 9.30 Å². The van der Waals surface area contributed by atoms with Crippen molar-refractivity contribution in [3.63, 3.8) is 0 Å². The highest BCUT2D eigenvalue weighted by molar-refractivity contribution is 6.16. The van der Waals surface area contributed by atoms with Gasteiger partial charge in [0, 0.05) is 20.2 Å². The number of rotatable bonds is 7. The summed E-state index contributed by atoms with van der Waals surface area (Å²) in [7, 11) is 1.95. The van der Waals surface area contributed by atoms with Crippen molar-refractivity contribution in [2.45, 2.75) is 39.6 Å². The van der Waals surface area contributed by atoms with Crippen LogP contribution < -0.4 is 0 Å². The van der Waals surface area contributed by atoms with E-state index in [1.165, 1.54) is 0 Å². The summed E-state index contributed by atoms with van der Waals surface area (Å²) in [6.07, 6.45) is 0.875. The molecule has 2 aromatic heterocycles. The number of imidazole rings is 1. The Balaban J connectivity index is 2.24. The highest BCUT2D eigenvalue weighted by Gasteiger charge is 2.17. The van der Waals surface area contributed by atoms with Crippen LogP contribution in [0.2, 0.25) is 0 Å². The summed E-state index contributed by atoms with van der Waals surface area (Å²) in [6, 6.07) is 0. The third-order valence-corrected chi connectivity index (χ3v) is 3.47. The van der Waals surface area contributed by atoms with Gasteiger partial charge in [-0.1, -0.05) is 20.8 Å². The fourth-order valence-corrected chi connectivity index (χ4v) is 2.54. The molecule has 0 radical (unpaired) electrons. The Labute approximate surface area is 124 Å². The number of alkyl halides is 1. The maximum atomic E-state index is 6.02. The second-order valence-electron chi connectivity index (χ2n) is 5.38. The van der Waals surface area contributed by atoms with Crippen molar-refractivity contribution in [2.75, 3.05) is 13.2 Å². The maximum Gasteiger partial charge on any atom is 0.158 e. The first-order valence-electron chi connectivity index (χ1n) is 7.13. The predicted octanol–water partition coefficient (Wildman–Crippen LogP) is 2.74. The highest BCUT2D eigenvalue weighted by atomic mass is 35.5. The third kappa shape index (κ3) is 2.99. The van der Waals surface area contributed by atoms with E-state index in [1.807, 2.05) is 11.7 Å². The molecule has 0 unspecified atom stereocenters. The number of hydrogen-bond acceptors (Lipinski definition) is 3.